The van der Waals surface area contributed by atoms with Gasteiger partial charge < -0.3 is 10.2 Å². The third-order valence-corrected chi connectivity index (χ3v) is 5.10. The lowest BCUT2D eigenvalue weighted by molar-refractivity contribution is -0.121. The predicted molar refractivity (Wildman–Crippen MR) is 110 cm³/mol. The normalized spacial score (nSPS) is 16.0. The topological polar surface area (TPSA) is 104 Å². The molecule has 0 bridgehead atoms. The number of benzene rings is 1. The zero-order valence-corrected chi connectivity index (χ0v) is 16.2. The van der Waals surface area contributed by atoms with E-state index in [9.17, 15) is 9.59 Å². The lowest BCUT2D eigenvalue weighted by Crippen LogP contribution is -2.50. The molecule has 30 heavy (non-hydrogen) atoms. The molecular formula is C22H20N6O2. The zero-order chi connectivity index (χ0) is 20.9. The van der Waals surface area contributed by atoms with Crippen molar-refractivity contribution in [2.45, 2.75) is 25.3 Å². The summed E-state index contributed by atoms with van der Waals surface area (Å²) < 4.78 is 1.73. The summed E-state index contributed by atoms with van der Waals surface area (Å²) in [5, 5.41) is 16.0. The van der Waals surface area contributed by atoms with Crippen molar-refractivity contribution < 1.29 is 9.59 Å². The minimum atomic E-state index is -0.548. The lowest BCUT2D eigenvalue weighted by Gasteiger charge is -2.34. The summed E-state index contributed by atoms with van der Waals surface area (Å²) in [6, 6.07) is 13.7. The first-order valence-corrected chi connectivity index (χ1v) is 9.74. The van der Waals surface area contributed by atoms with Crippen LogP contribution < -0.4 is 5.32 Å². The number of pyridine rings is 1. The quantitative estimate of drug-likeness (QED) is 0.725. The first-order chi connectivity index (χ1) is 14.7. The summed E-state index contributed by atoms with van der Waals surface area (Å²) >= 11 is 0. The smallest absolute Gasteiger partial charge is 0.256 e. The van der Waals surface area contributed by atoms with E-state index in [0.717, 1.165) is 18.5 Å². The second-order valence-corrected chi connectivity index (χ2v) is 7.04. The Morgan fingerprint density at radius 3 is 2.63 bits per heavy atom. The van der Waals surface area contributed by atoms with Crippen molar-refractivity contribution in [3.63, 3.8) is 0 Å². The Kier molecular flexibility index (Phi) is 5.52. The number of hydrogen-bond acceptors (Lipinski definition) is 5. The molecule has 4 rings (SSSR count). The third kappa shape index (κ3) is 4.05. The fourth-order valence-electron chi connectivity index (χ4n) is 3.54. The highest BCUT2D eigenvalue weighted by atomic mass is 16.2. The van der Waals surface area contributed by atoms with E-state index >= 15 is 0 Å². The van der Waals surface area contributed by atoms with E-state index < -0.39 is 6.04 Å². The number of carbonyl (C=O) groups is 2. The number of anilines is 1. The maximum absolute atomic E-state index is 13.0. The number of nitrogens with one attached hydrogen (secondary N) is 1. The molecule has 1 aliphatic heterocycles. The highest BCUT2D eigenvalue weighted by Gasteiger charge is 2.32. The third-order valence-electron chi connectivity index (χ3n) is 5.10. The number of hydrogen-bond donors (Lipinski definition) is 1. The van der Waals surface area contributed by atoms with Crippen molar-refractivity contribution in [1.29, 1.82) is 5.26 Å². The summed E-state index contributed by atoms with van der Waals surface area (Å²) in [5.74, 6) is -0.461. The highest BCUT2D eigenvalue weighted by molar-refractivity contribution is 6.01. The summed E-state index contributed by atoms with van der Waals surface area (Å²) in [7, 11) is 0. The molecule has 3 heterocycles. The van der Waals surface area contributed by atoms with Crippen LogP contribution in [0.5, 0.6) is 0 Å². The number of amides is 2. The first kappa shape index (κ1) is 19.3. The van der Waals surface area contributed by atoms with E-state index in [1.54, 1.807) is 21.8 Å². The van der Waals surface area contributed by atoms with Crippen LogP contribution in [0.25, 0.3) is 5.69 Å². The Balaban J connectivity index is 1.47. The van der Waals surface area contributed by atoms with Crippen molar-refractivity contribution in [2.24, 2.45) is 0 Å². The summed E-state index contributed by atoms with van der Waals surface area (Å²) in [5.41, 5.74) is 2.17. The van der Waals surface area contributed by atoms with Gasteiger partial charge in [0, 0.05) is 30.8 Å². The summed E-state index contributed by atoms with van der Waals surface area (Å²) in [6.45, 7) is 0.509. The molecular weight excluding hydrogens is 380 g/mol. The van der Waals surface area contributed by atoms with E-state index in [1.165, 1.54) is 12.3 Å². The highest BCUT2D eigenvalue weighted by Crippen LogP contribution is 2.22. The van der Waals surface area contributed by atoms with Gasteiger partial charge in [0.1, 0.15) is 17.8 Å². The molecule has 1 saturated heterocycles. The van der Waals surface area contributed by atoms with Gasteiger partial charge >= 0.3 is 0 Å². The molecule has 150 valence electrons. The van der Waals surface area contributed by atoms with Crippen molar-refractivity contribution in [2.75, 3.05) is 11.9 Å². The van der Waals surface area contributed by atoms with Gasteiger partial charge in [0.2, 0.25) is 5.91 Å². The molecule has 1 N–H and O–H groups in total. The van der Waals surface area contributed by atoms with E-state index in [1.807, 2.05) is 42.6 Å². The van der Waals surface area contributed by atoms with Crippen molar-refractivity contribution >= 4 is 17.5 Å². The van der Waals surface area contributed by atoms with Crippen LogP contribution in [0.3, 0.4) is 0 Å². The standard InChI is InChI=1S/C22H20N6O2/c23-14-18-6-5-16(15-24-18)22(30)27-12-2-1-4-20(27)21(29)26-17-7-9-19(10-8-17)28-13-3-11-25-28/h3,5-11,13,15,20H,1-2,4,12H2,(H,26,29)/t20-/m1/s1. The molecule has 1 atom stereocenters. The molecule has 2 amide bonds. The van der Waals surface area contributed by atoms with Crippen LogP contribution in [-0.2, 0) is 4.79 Å². The Labute approximate surface area is 173 Å². The van der Waals surface area contributed by atoms with Gasteiger partial charge in [-0.3, -0.25) is 9.59 Å². The van der Waals surface area contributed by atoms with Gasteiger partial charge in [0.15, 0.2) is 0 Å². The van der Waals surface area contributed by atoms with E-state index in [-0.39, 0.29) is 17.5 Å². The van der Waals surface area contributed by atoms with Crippen LogP contribution >= 0.6 is 0 Å². The van der Waals surface area contributed by atoms with Gasteiger partial charge in [-0.2, -0.15) is 10.4 Å². The van der Waals surface area contributed by atoms with Gasteiger partial charge in [-0.1, -0.05) is 0 Å². The van der Waals surface area contributed by atoms with E-state index in [0.29, 0.717) is 24.2 Å². The fourth-order valence-corrected chi connectivity index (χ4v) is 3.54. The van der Waals surface area contributed by atoms with Crippen LogP contribution in [0.1, 0.15) is 35.3 Å². The van der Waals surface area contributed by atoms with Gasteiger partial charge in [0.25, 0.3) is 5.91 Å². The maximum atomic E-state index is 13.0. The van der Waals surface area contributed by atoms with Gasteiger partial charge in [-0.05, 0) is 61.7 Å². The number of rotatable bonds is 4. The molecule has 2 aromatic heterocycles. The largest absolute Gasteiger partial charge is 0.327 e. The predicted octanol–water partition coefficient (Wildman–Crippen LogP) is 2.77. The molecule has 3 aromatic rings. The molecule has 0 unspecified atom stereocenters. The zero-order valence-electron chi connectivity index (χ0n) is 16.2. The average Bonchev–Trinajstić information content (AvgIpc) is 3.34. The molecule has 0 radical (unpaired) electrons. The van der Waals surface area contributed by atoms with Gasteiger partial charge in [0.05, 0.1) is 11.3 Å². The minimum absolute atomic E-state index is 0.212. The first-order valence-electron chi connectivity index (χ1n) is 9.74. The number of nitrogens with zero attached hydrogens (tertiary/aromatic N) is 5. The molecule has 0 saturated carbocycles. The molecule has 8 nitrogen and oxygen atoms in total. The minimum Gasteiger partial charge on any atom is -0.327 e. The number of nitriles is 1. The van der Waals surface area contributed by atoms with Crippen LogP contribution in [0.15, 0.2) is 61.1 Å². The maximum Gasteiger partial charge on any atom is 0.256 e. The number of aromatic nitrogens is 3. The molecule has 1 fully saturated rings. The van der Waals surface area contributed by atoms with Crippen molar-refractivity contribution in [3.05, 3.63) is 72.3 Å². The van der Waals surface area contributed by atoms with Gasteiger partial charge in [-0.25, -0.2) is 9.67 Å². The Morgan fingerprint density at radius 1 is 1.13 bits per heavy atom. The number of carbonyl (C=O) groups excluding carboxylic acids is 2. The number of likely N-dealkylation sites (tertiary alicyclic amines) is 1. The average molecular weight is 400 g/mol. The van der Waals surface area contributed by atoms with E-state index in [2.05, 4.69) is 15.4 Å². The van der Waals surface area contributed by atoms with E-state index in [4.69, 9.17) is 5.26 Å². The molecule has 8 heteroatoms. The Morgan fingerprint density at radius 2 is 1.97 bits per heavy atom. The van der Waals surface area contributed by atoms with Crippen LogP contribution in [-0.4, -0.2) is 44.1 Å². The van der Waals surface area contributed by atoms with Crippen LogP contribution in [0, 0.1) is 11.3 Å². The van der Waals surface area contributed by atoms with Crippen LogP contribution in [0.2, 0.25) is 0 Å². The molecule has 0 spiro atoms. The second kappa shape index (κ2) is 8.57. The second-order valence-electron chi connectivity index (χ2n) is 7.04. The van der Waals surface area contributed by atoms with Crippen LogP contribution in [0.4, 0.5) is 5.69 Å². The number of piperidine rings is 1. The summed E-state index contributed by atoms with van der Waals surface area (Å²) in [4.78, 5) is 31.5. The van der Waals surface area contributed by atoms with Crippen molar-refractivity contribution in [1.82, 2.24) is 19.7 Å². The molecule has 1 aliphatic rings. The van der Waals surface area contributed by atoms with Crippen molar-refractivity contribution in [3.8, 4) is 11.8 Å². The monoisotopic (exact) mass is 400 g/mol. The fraction of sp³-hybridized carbons (Fsp3) is 0.227. The molecule has 1 aromatic carbocycles. The Bertz CT molecular complexity index is 1070. The summed E-state index contributed by atoms with van der Waals surface area (Å²) in [6.07, 6.45) is 7.26. The Hall–Kier alpha value is -3.99. The SMILES string of the molecule is N#Cc1ccc(C(=O)N2CCCC[C@@H]2C(=O)Nc2ccc(-n3cccn3)cc2)cn1. The molecule has 0 aliphatic carbocycles. The van der Waals surface area contributed by atoms with Gasteiger partial charge in [-0.15, -0.1) is 0 Å². The lowest BCUT2D eigenvalue weighted by atomic mass is 10.00.